The van der Waals surface area contributed by atoms with Crippen LogP contribution in [-0.2, 0) is 19.2 Å². The highest BCUT2D eigenvalue weighted by atomic mass is 127. The van der Waals surface area contributed by atoms with E-state index in [1.54, 1.807) is 49.4 Å². The molecule has 0 aromatic heterocycles. The van der Waals surface area contributed by atoms with Crippen molar-refractivity contribution in [3.05, 3.63) is 87.5 Å². The number of halogens is 1. The van der Waals surface area contributed by atoms with Crippen molar-refractivity contribution in [1.82, 2.24) is 0 Å². The molecule has 45 heavy (non-hydrogen) atoms. The van der Waals surface area contributed by atoms with Crippen LogP contribution in [0.3, 0.4) is 0 Å². The van der Waals surface area contributed by atoms with Gasteiger partial charge in [-0.25, -0.2) is 4.90 Å². The summed E-state index contributed by atoms with van der Waals surface area (Å²) in [5.41, 5.74) is 0.760. The van der Waals surface area contributed by atoms with Gasteiger partial charge in [-0.05, 0) is 84.7 Å². The van der Waals surface area contributed by atoms with Crippen LogP contribution in [0.4, 0.5) is 11.4 Å². The Balaban J connectivity index is 1.41. The molecule has 10 heteroatoms. The van der Waals surface area contributed by atoms with E-state index < -0.39 is 35.0 Å². The fourth-order valence-corrected chi connectivity index (χ4v) is 8.51. The quantitative estimate of drug-likeness (QED) is 0.212. The number of anilines is 2. The zero-order valence-electron chi connectivity index (χ0n) is 24.9. The third-order valence-electron chi connectivity index (χ3n) is 10.2. The summed E-state index contributed by atoms with van der Waals surface area (Å²) < 4.78 is 12.1. The van der Waals surface area contributed by atoms with Crippen LogP contribution >= 0.6 is 22.6 Å². The van der Waals surface area contributed by atoms with E-state index >= 15 is 0 Å². The number of hydrogen-bond donors (Lipinski definition) is 1. The summed E-state index contributed by atoms with van der Waals surface area (Å²) in [6, 6.07) is 19.1. The van der Waals surface area contributed by atoms with Crippen LogP contribution in [0.1, 0.15) is 31.2 Å². The Bertz CT molecular complexity index is 1790. The number of allylic oxidation sites excluding steroid dienone is 2. The van der Waals surface area contributed by atoms with Crippen molar-refractivity contribution in [2.75, 3.05) is 24.0 Å². The predicted molar refractivity (Wildman–Crippen MR) is 174 cm³/mol. The first-order valence-corrected chi connectivity index (χ1v) is 15.9. The lowest BCUT2D eigenvalue weighted by Gasteiger charge is -2.49. The monoisotopic (exact) mass is 718 g/mol. The zero-order valence-corrected chi connectivity index (χ0v) is 27.1. The maximum Gasteiger partial charge on any atom is 0.241 e. The average molecular weight is 719 g/mol. The van der Waals surface area contributed by atoms with Gasteiger partial charge in [-0.1, -0.05) is 29.8 Å². The molecule has 2 saturated heterocycles. The Kier molecular flexibility index (Phi) is 7.03. The molecule has 0 spiro atoms. The normalized spacial score (nSPS) is 28.9. The number of rotatable bonds is 5. The highest BCUT2D eigenvalue weighted by molar-refractivity contribution is 14.1. The van der Waals surface area contributed by atoms with E-state index in [4.69, 9.17) is 9.47 Å². The minimum absolute atomic E-state index is 0.146. The van der Waals surface area contributed by atoms with Gasteiger partial charge < -0.3 is 14.6 Å². The fraction of sp³-hybridized carbons (Fsp3) is 0.314. The standard InChI is InChI=1S/C35H31IN2O7/c1-35-25(32(41)38(34(35)43)19-7-5-4-6-8-19)17-24-22(30(35)29-26(39)15-21(44-2)16-27(29)45-3)13-14-23-28(24)33(42)37(31(23)40)20-11-9-18(36)10-12-20/h4-13,15-16,23-25,28,30,39H,14,17H2,1-3H3. The van der Waals surface area contributed by atoms with Gasteiger partial charge in [0.15, 0.2) is 0 Å². The van der Waals surface area contributed by atoms with Gasteiger partial charge in [0, 0.05) is 27.2 Å². The number of carbonyl (C=O) groups excluding carboxylic acids is 4. The number of aromatic hydroxyl groups is 1. The van der Waals surface area contributed by atoms with E-state index in [1.165, 1.54) is 30.1 Å². The highest BCUT2D eigenvalue weighted by Gasteiger charge is 2.68. The van der Waals surface area contributed by atoms with Gasteiger partial charge in [-0.2, -0.15) is 0 Å². The molecular formula is C35H31IN2O7. The van der Waals surface area contributed by atoms with E-state index in [2.05, 4.69) is 22.6 Å². The van der Waals surface area contributed by atoms with Crippen LogP contribution in [0.25, 0.3) is 0 Å². The second-order valence-electron chi connectivity index (χ2n) is 12.2. The molecule has 1 saturated carbocycles. The largest absolute Gasteiger partial charge is 0.507 e. The molecule has 4 aliphatic rings. The first-order valence-electron chi connectivity index (χ1n) is 14.8. The molecule has 230 valence electrons. The summed E-state index contributed by atoms with van der Waals surface area (Å²) in [7, 11) is 2.95. The van der Waals surface area contributed by atoms with Gasteiger partial charge in [-0.15, -0.1) is 0 Å². The predicted octanol–water partition coefficient (Wildman–Crippen LogP) is 5.45. The van der Waals surface area contributed by atoms with Crippen LogP contribution in [0.5, 0.6) is 17.2 Å². The molecule has 4 amide bonds. The smallest absolute Gasteiger partial charge is 0.241 e. The molecule has 0 bridgehead atoms. The van der Waals surface area contributed by atoms with Crippen molar-refractivity contribution in [3.63, 3.8) is 0 Å². The topological polar surface area (TPSA) is 113 Å². The molecule has 6 atom stereocenters. The number of phenols is 1. The van der Waals surface area contributed by atoms with Gasteiger partial charge in [-0.3, -0.25) is 24.1 Å². The van der Waals surface area contributed by atoms with Gasteiger partial charge >= 0.3 is 0 Å². The Labute approximate surface area is 273 Å². The molecule has 3 aromatic rings. The SMILES string of the molecule is COc1cc(O)c(C2C3=CCC4C(=O)N(c5ccc(I)cc5)C(=O)C4C3CC3C(=O)N(c4ccccc4)C(=O)C32C)c(OC)c1. The van der Waals surface area contributed by atoms with E-state index in [-0.39, 0.29) is 35.8 Å². The summed E-state index contributed by atoms with van der Waals surface area (Å²) in [6.07, 6.45) is 2.46. The second-order valence-corrected chi connectivity index (χ2v) is 13.5. The molecule has 2 heterocycles. The first-order chi connectivity index (χ1) is 21.6. The Morgan fingerprint density at radius 2 is 1.53 bits per heavy atom. The Morgan fingerprint density at radius 1 is 0.844 bits per heavy atom. The van der Waals surface area contributed by atoms with Crippen LogP contribution in [0, 0.1) is 32.7 Å². The number of amides is 4. The van der Waals surface area contributed by atoms with Crippen molar-refractivity contribution in [2.24, 2.45) is 29.1 Å². The number of carbonyl (C=O) groups is 4. The Hall–Kier alpha value is -4.19. The molecule has 9 nitrogen and oxygen atoms in total. The van der Waals surface area contributed by atoms with E-state index in [1.807, 2.05) is 24.3 Å². The number of ether oxygens (including phenoxy) is 2. The minimum Gasteiger partial charge on any atom is -0.507 e. The molecule has 3 fully saturated rings. The number of imide groups is 2. The van der Waals surface area contributed by atoms with Crippen molar-refractivity contribution in [3.8, 4) is 17.2 Å². The van der Waals surface area contributed by atoms with E-state index in [0.717, 1.165) is 9.14 Å². The summed E-state index contributed by atoms with van der Waals surface area (Å²) >= 11 is 2.17. The molecular weight excluding hydrogens is 687 g/mol. The van der Waals surface area contributed by atoms with Crippen molar-refractivity contribution in [2.45, 2.75) is 25.7 Å². The molecule has 0 radical (unpaired) electrons. The maximum atomic E-state index is 14.6. The Morgan fingerprint density at radius 3 is 2.20 bits per heavy atom. The summed E-state index contributed by atoms with van der Waals surface area (Å²) in [5, 5.41) is 11.5. The number of para-hydroxylation sites is 1. The lowest BCUT2D eigenvalue weighted by atomic mass is 9.51. The number of nitrogens with zero attached hydrogens (tertiary/aromatic N) is 2. The molecule has 7 rings (SSSR count). The van der Waals surface area contributed by atoms with Crippen molar-refractivity contribution >= 4 is 57.6 Å². The average Bonchev–Trinajstić information content (AvgIpc) is 3.41. The number of benzene rings is 3. The van der Waals surface area contributed by atoms with Gasteiger partial charge in [0.25, 0.3) is 0 Å². The molecule has 1 N–H and O–H groups in total. The lowest BCUT2D eigenvalue weighted by molar-refractivity contribution is -0.131. The minimum atomic E-state index is -1.32. The number of hydrogen-bond acceptors (Lipinski definition) is 7. The van der Waals surface area contributed by atoms with Crippen molar-refractivity contribution in [1.29, 1.82) is 0 Å². The van der Waals surface area contributed by atoms with Gasteiger partial charge in [0.05, 0.1) is 48.8 Å². The van der Waals surface area contributed by atoms with Gasteiger partial charge in [0.2, 0.25) is 23.6 Å². The maximum absolute atomic E-state index is 14.6. The molecule has 3 aromatic carbocycles. The van der Waals surface area contributed by atoms with E-state index in [9.17, 15) is 24.3 Å². The molecule has 6 unspecified atom stereocenters. The number of fused-ring (bicyclic) bond motifs is 4. The second kappa shape index (κ2) is 10.7. The van der Waals surface area contributed by atoms with Crippen molar-refractivity contribution < 1.29 is 33.8 Å². The van der Waals surface area contributed by atoms with E-state index in [0.29, 0.717) is 34.9 Å². The van der Waals surface area contributed by atoms with Crippen LogP contribution < -0.4 is 19.3 Å². The number of methoxy groups -OCH3 is 2. The van der Waals surface area contributed by atoms with Crippen LogP contribution in [0.2, 0.25) is 0 Å². The summed E-state index contributed by atoms with van der Waals surface area (Å²) in [5.74, 6) is -4.28. The highest BCUT2D eigenvalue weighted by Crippen LogP contribution is 2.65. The molecule has 2 aliphatic heterocycles. The summed E-state index contributed by atoms with van der Waals surface area (Å²) in [6.45, 7) is 1.78. The van der Waals surface area contributed by atoms with Gasteiger partial charge in [0.1, 0.15) is 17.2 Å². The third kappa shape index (κ3) is 4.17. The lowest BCUT2D eigenvalue weighted by Crippen LogP contribution is -2.49. The number of phenolic OH excluding ortho intramolecular Hbond substituents is 1. The summed E-state index contributed by atoms with van der Waals surface area (Å²) in [4.78, 5) is 59.4. The first kappa shape index (κ1) is 29.5. The fourth-order valence-electron chi connectivity index (χ4n) is 8.16. The zero-order chi connectivity index (χ0) is 31.8. The third-order valence-corrected chi connectivity index (χ3v) is 10.9. The van der Waals surface area contributed by atoms with Crippen LogP contribution in [-0.4, -0.2) is 43.0 Å². The molecule has 2 aliphatic carbocycles. The van der Waals surface area contributed by atoms with Crippen LogP contribution in [0.15, 0.2) is 78.4 Å².